The maximum absolute atomic E-state index is 10.6. The third kappa shape index (κ3) is 9.86. The van der Waals surface area contributed by atoms with E-state index in [0.717, 1.165) is 0 Å². The average molecular weight is 198 g/mol. The van der Waals surface area contributed by atoms with Gasteiger partial charge >= 0.3 is 41.5 Å². The topological polar surface area (TPSA) is 52.6 Å². The van der Waals surface area contributed by atoms with Crippen LogP contribution in [0.2, 0.25) is 0 Å². The van der Waals surface area contributed by atoms with Crippen LogP contribution in [-0.2, 0) is 19.1 Å². The maximum atomic E-state index is 10.6. The fourth-order valence-electron chi connectivity index (χ4n) is 0.743. The van der Waals surface area contributed by atoms with Crippen LogP contribution in [0.3, 0.4) is 0 Å². The van der Waals surface area contributed by atoms with Crippen molar-refractivity contribution >= 4 is 41.5 Å². The molecule has 72 valence electrons. The summed E-state index contributed by atoms with van der Waals surface area (Å²) in [7, 11) is 2.70. The molecule has 13 heavy (non-hydrogen) atoms. The molecular formula is C8H15NaO4. The molecule has 0 aliphatic carbocycles. The molecule has 0 rings (SSSR count). The van der Waals surface area contributed by atoms with Gasteiger partial charge in [-0.15, -0.1) is 0 Å². The normalized spacial score (nSPS) is 8.46. The van der Waals surface area contributed by atoms with Gasteiger partial charge in [-0.1, -0.05) is 0 Å². The number of hydrogen-bond acceptors (Lipinski definition) is 4. The molecule has 0 fully saturated rings. The third-order valence-electron chi connectivity index (χ3n) is 1.47. The third-order valence-corrected chi connectivity index (χ3v) is 1.47. The Morgan fingerprint density at radius 3 is 1.46 bits per heavy atom. The van der Waals surface area contributed by atoms with Gasteiger partial charge in [0.15, 0.2) is 0 Å². The van der Waals surface area contributed by atoms with Gasteiger partial charge in [-0.2, -0.15) is 0 Å². The zero-order chi connectivity index (χ0) is 9.40. The van der Waals surface area contributed by atoms with Crippen molar-refractivity contribution in [3.8, 4) is 0 Å². The molecule has 0 spiro atoms. The van der Waals surface area contributed by atoms with E-state index in [-0.39, 0.29) is 41.5 Å². The van der Waals surface area contributed by atoms with E-state index in [4.69, 9.17) is 0 Å². The molecule has 5 heteroatoms. The van der Waals surface area contributed by atoms with Crippen molar-refractivity contribution in [2.24, 2.45) is 0 Å². The molecule has 0 bridgehead atoms. The Labute approximate surface area is 100 Å². The van der Waals surface area contributed by atoms with E-state index < -0.39 is 0 Å². The van der Waals surface area contributed by atoms with E-state index in [1.807, 2.05) is 0 Å². The van der Waals surface area contributed by atoms with Crippen LogP contribution >= 0.6 is 0 Å². The number of methoxy groups -OCH3 is 2. The zero-order valence-corrected chi connectivity index (χ0v) is 7.46. The average Bonchev–Trinajstić information content (AvgIpc) is 2.11. The van der Waals surface area contributed by atoms with Gasteiger partial charge in [0.1, 0.15) is 0 Å². The molecule has 0 saturated carbocycles. The van der Waals surface area contributed by atoms with Gasteiger partial charge in [-0.25, -0.2) is 0 Å². The molecule has 0 radical (unpaired) electrons. The Hall–Kier alpha value is -0.0600. The summed E-state index contributed by atoms with van der Waals surface area (Å²) in [5, 5.41) is 0. The quantitative estimate of drug-likeness (QED) is 0.361. The summed E-state index contributed by atoms with van der Waals surface area (Å²) >= 11 is 0. The SMILES string of the molecule is COC(=O)CCCCC(=O)OC.[NaH]. The zero-order valence-electron chi connectivity index (χ0n) is 7.46. The van der Waals surface area contributed by atoms with Gasteiger partial charge in [-0.05, 0) is 12.8 Å². The van der Waals surface area contributed by atoms with Crippen LogP contribution in [0.4, 0.5) is 0 Å². The Kier molecular flexibility index (Phi) is 11.9. The van der Waals surface area contributed by atoms with Crippen molar-refractivity contribution < 1.29 is 19.1 Å². The summed E-state index contributed by atoms with van der Waals surface area (Å²) in [5.41, 5.74) is 0. The van der Waals surface area contributed by atoms with Crippen molar-refractivity contribution in [3.05, 3.63) is 0 Å². The fraction of sp³-hybridized carbons (Fsp3) is 0.750. The Morgan fingerprint density at radius 1 is 0.923 bits per heavy atom. The molecule has 0 saturated heterocycles. The standard InChI is InChI=1S/C8H14O4.Na.H/c1-11-7(9)5-3-4-6-8(10)12-2;;/h3-6H2,1-2H3;;. The molecule has 0 N–H and O–H groups in total. The van der Waals surface area contributed by atoms with E-state index in [2.05, 4.69) is 9.47 Å². The first-order chi connectivity index (χ1) is 5.70. The molecular weight excluding hydrogens is 183 g/mol. The van der Waals surface area contributed by atoms with Gasteiger partial charge in [0.25, 0.3) is 0 Å². The first-order valence-electron chi connectivity index (χ1n) is 3.84. The minimum atomic E-state index is -0.236. The van der Waals surface area contributed by atoms with Crippen LogP contribution in [-0.4, -0.2) is 55.7 Å². The summed E-state index contributed by atoms with van der Waals surface area (Å²) in [6.07, 6.45) is 2.07. The first kappa shape index (κ1) is 15.4. The van der Waals surface area contributed by atoms with E-state index in [1.54, 1.807) is 0 Å². The first-order valence-corrected chi connectivity index (χ1v) is 3.84. The van der Waals surface area contributed by atoms with Crippen LogP contribution in [0.25, 0.3) is 0 Å². The van der Waals surface area contributed by atoms with Crippen LogP contribution < -0.4 is 0 Å². The molecule has 0 aliphatic heterocycles. The summed E-state index contributed by atoms with van der Waals surface area (Å²) in [6.45, 7) is 0. The van der Waals surface area contributed by atoms with Crippen molar-refractivity contribution in [2.45, 2.75) is 25.7 Å². The molecule has 0 aromatic rings. The molecule has 0 aliphatic rings. The second kappa shape index (κ2) is 10.0. The van der Waals surface area contributed by atoms with Crippen LogP contribution in [0.1, 0.15) is 25.7 Å². The predicted molar refractivity (Wildman–Crippen MR) is 49.6 cm³/mol. The van der Waals surface area contributed by atoms with Crippen molar-refractivity contribution in [2.75, 3.05) is 14.2 Å². The number of hydrogen-bond donors (Lipinski definition) is 0. The molecule has 0 aromatic carbocycles. The second-order valence-electron chi connectivity index (χ2n) is 2.36. The molecule has 0 aromatic heterocycles. The van der Waals surface area contributed by atoms with E-state index >= 15 is 0 Å². The molecule has 0 atom stereocenters. The monoisotopic (exact) mass is 198 g/mol. The van der Waals surface area contributed by atoms with E-state index in [1.165, 1.54) is 14.2 Å². The van der Waals surface area contributed by atoms with Gasteiger partial charge in [0, 0.05) is 12.8 Å². The van der Waals surface area contributed by atoms with E-state index in [0.29, 0.717) is 25.7 Å². The van der Waals surface area contributed by atoms with Crippen molar-refractivity contribution in [1.82, 2.24) is 0 Å². The van der Waals surface area contributed by atoms with Gasteiger partial charge in [0.05, 0.1) is 14.2 Å². The summed E-state index contributed by atoms with van der Waals surface area (Å²) in [5.74, 6) is -0.472. The number of unbranched alkanes of at least 4 members (excludes halogenated alkanes) is 1. The summed E-state index contributed by atoms with van der Waals surface area (Å²) in [4.78, 5) is 21.2. The Balaban J connectivity index is 0. The van der Waals surface area contributed by atoms with Crippen LogP contribution in [0, 0.1) is 0 Å². The molecule has 0 amide bonds. The number of esters is 2. The number of ether oxygens (including phenoxy) is 2. The number of rotatable bonds is 5. The number of carbonyl (C=O) groups is 2. The number of carbonyl (C=O) groups excluding carboxylic acids is 2. The van der Waals surface area contributed by atoms with Gasteiger partial charge in [0.2, 0.25) is 0 Å². The summed E-state index contributed by atoms with van der Waals surface area (Å²) < 4.78 is 8.86. The second-order valence-corrected chi connectivity index (χ2v) is 2.36. The minimum absolute atomic E-state index is 0. The fourth-order valence-corrected chi connectivity index (χ4v) is 0.743. The van der Waals surface area contributed by atoms with E-state index in [9.17, 15) is 9.59 Å². The van der Waals surface area contributed by atoms with Gasteiger partial charge in [-0.3, -0.25) is 9.59 Å². The molecule has 0 heterocycles. The van der Waals surface area contributed by atoms with Crippen LogP contribution in [0.15, 0.2) is 0 Å². The molecule has 4 nitrogen and oxygen atoms in total. The Morgan fingerprint density at radius 2 is 1.23 bits per heavy atom. The summed E-state index contributed by atoms with van der Waals surface area (Å²) in [6, 6.07) is 0. The Bertz CT molecular complexity index is 140. The van der Waals surface area contributed by atoms with Crippen molar-refractivity contribution in [3.63, 3.8) is 0 Å². The predicted octanol–water partition coefficient (Wildman–Crippen LogP) is 0.244. The van der Waals surface area contributed by atoms with Gasteiger partial charge < -0.3 is 9.47 Å². The van der Waals surface area contributed by atoms with Crippen LogP contribution in [0.5, 0.6) is 0 Å². The van der Waals surface area contributed by atoms with Crippen molar-refractivity contribution in [1.29, 1.82) is 0 Å². The molecule has 0 unspecified atom stereocenters.